The van der Waals surface area contributed by atoms with Gasteiger partial charge in [-0.3, -0.25) is 10.1 Å². The molecule has 9 nitrogen and oxygen atoms in total. The number of cyclic esters (lactones) is 1. The minimum absolute atomic E-state index is 0.00867. The molecule has 166 valence electrons. The number of nitro benzene ring substituents is 1. The van der Waals surface area contributed by atoms with E-state index in [0.29, 0.717) is 18.5 Å². The number of nitrogens with zero attached hydrogens (tertiary/aromatic N) is 2. The van der Waals surface area contributed by atoms with Crippen LogP contribution in [0.3, 0.4) is 0 Å². The van der Waals surface area contributed by atoms with E-state index in [0.717, 1.165) is 0 Å². The minimum Gasteiger partial charge on any atom is -0.480 e. The molecule has 0 atom stereocenters. The highest BCUT2D eigenvalue weighted by Gasteiger charge is 2.27. The second kappa shape index (κ2) is 10.6. The van der Waals surface area contributed by atoms with E-state index < -0.39 is 16.9 Å². The Balaban J connectivity index is 1.88. The van der Waals surface area contributed by atoms with Gasteiger partial charge in [0.15, 0.2) is 12.3 Å². The van der Waals surface area contributed by atoms with Gasteiger partial charge in [0.05, 0.1) is 29.3 Å². The molecule has 2 aromatic rings. The number of hydrogen-bond donors (Lipinski definition) is 0. The number of carbonyl (C=O) groups excluding carboxylic acids is 2. The number of halogens is 3. The lowest BCUT2D eigenvalue weighted by Gasteiger charge is -2.11. The van der Waals surface area contributed by atoms with Gasteiger partial charge in [-0.05, 0) is 81.9 Å². The Hall–Kier alpha value is -2.26. The first kappa shape index (κ1) is 24.4. The van der Waals surface area contributed by atoms with Crippen LogP contribution in [0.1, 0.15) is 18.1 Å². The molecule has 1 aliphatic rings. The molecular weight excluding hydrogens is 669 g/mol. The van der Waals surface area contributed by atoms with Crippen LogP contribution in [-0.4, -0.2) is 36.0 Å². The van der Waals surface area contributed by atoms with Crippen molar-refractivity contribution in [1.82, 2.24) is 0 Å². The summed E-state index contributed by atoms with van der Waals surface area (Å²) in [6.45, 7) is 1.76. The minimum atomic E-state index is -0.713. The van der Waals surface area contributed by atoms with Crippen LogP contribution in [0.5, 0.6) is 5.75 Å². The average Bonchev–Trinajstić information content (AvgIpc) is 3.07. The van der Waals surface area contributed by atoms with Crippen LogP contribution in [0.25, 0.3) is 6.08 Å². The summed E-state index contributed by atoms with van der Waals surface area (Å²) in [5, 5.41) is 11.2. The van der Waals surface area contributed by atoms with E-state index in [1.807, 2.05) is 0 Å². The maximum absolute atomic E-state index is 12.3. The fraction of sp³-hybridized carbons (Fsp3) is 0.150. The first-order chi connectivity index (χ1) is 15.2. The fourth-order valence-corrected chi connectivity index (χ4v) is 4.93. The van der Waals surface area contributed by atoms with Crippen LogP contribution in [0.2, 0.25) is 5.02 Å². The molecule has 2 aromatic carbocycles. The fourth-order valence-electron chi connectivity index (χ4n) is 2.61. The molecule has 0 saturated heterocycles. The molecule has 0 bridgehead atoms. The number of ether oxygens (including phenoxy) is 3. The third kappa shape index (κ3) is 5.75. The molecule has 0 N–H and O–H groups in total. The maximum atomic E-state index is 12.3. The van der Waals surface area contributed by atoms with E-state index in [1.54, 1.807) is 19.1 Å². The quantitative estimate of drug-likeness (QED) is 0.136. The molecule has 0 saturated carbocycles. The predicted molar refractivity (Wildman–Crippen MR) is 133 cm³/mol. The number of rotatable bonds is 7. The molecule has 3 rings (SSSR count). The van der Waals surface area contributed by atoms with Crippen molar-refractivity contribution >= 4 is 86.4 Å². The zero-order valence-corrected chi connectivity index (χ0v) is 21.3. The van der Waals surface area contributed by atoms with E-state index in [4.69, 9.17) is 25.8 Å². The zero-order chi connectivity index (χ0) is 23.4. The SMILES string of the molecule is CCOC(=O)COc1c(I)cc(/C=C2\N=C(c3cc([N+](=O)[O-])ccc3Cl)OC2=O)cc1I. The van der Waals surface area contributed by atoms with Crippen LogP contribution >= 0.6 is 56.8 Å². The van der Waals surface area contributed by atoms with Gasteiger partial charge in [-0.2, -0.15) is 0 Å². The molecule has 0 radical (unpaired) electrons. The molecule has 1 aliphatic heterocycles. The average molecular weight is 683 g/mol. The van der Waals surface area contributed by atoms with E-state index in [1.165, 1.54) is 24.3 Å². The summed E-state index contributed by atoms with van der Waals surface area (Å²) in [4.78, 5) is 38.4. The molecule has 0 unspecified atom stereocenters. The van der Waals surface area contributed by atoms with E-state index in [9.17, 15) is 19.7 Å². The Morgan fingerprint density at radius 2 is 1.97 bits per heavy atom. The lowest BCUT2D eigenvalue weighted by molar-refractivity contribution is -0.384. The first-order valence-electron chi connectivity index (χ1n) is 8.94. The molecule has 0 amide bonds. The van der Waals surface area contributed by atoms with Crippen LogP contribution in [0.4, 0.5) is 5.69 Å². The van der Waals surface area contributed by atoms with Crippen molar-refractivity contribution in [1.29, 1.82) is 0 Å². The second-order valence-electron chi connectivity index (χ2n) is 6.16. The normalized spacial score (nSPS) is 14.2. The summed E-state index contributed by atoms with van der Waals surface area (Å²) >= 11 is 10.2. The van der Waals surface area contributed by atoms with Gasteiger partial charge in [0.2, 0.25) is 5.90 Å². The Morgan fingerprint density at radius 3 is 2.59 bits per heavy atom. The third-order valence-electron chi connectivity index (χ3n) is 3.98. The smallest absolute Gasteiger partial charge is 0.363 e. The Morgan fingerprint density at radius 1 is 1.28 bits per heavy atom. The molecule has 32 heavy (non-hydrogen) atoms. The van der Waals surface area contributed by atoms with E-state index >= 15 is 0 Å². The van der Waals surface area contributed by atoms with Gasteiger partial charge in [-0.1, -0.05) is 11.6 Å². The monoisotopic (exact) mass is 682 g/mol. The van der Waals surface area contributed by atoms with Crippen molar-refractivity contribution in [3.63, 3.8) is 0 Å². The van der Waals surface area contributed by atoms with Crippen molar-refractivity contribution in [2.45, 2.75) is 6.92 Å². The Kier molecular flexibility index (Phi) is 8.05. The number of carbonyl (C=O) groups is 2. The van der Waals surface area contributed by atoms with Gasteiger partial charge >= 0.3 is 11.9 Å². The molecule has 0 fully saturated rings. The predicted octanol–water partition coefficient (Wildman–Crippen LogP) is 4.74. The summed E-state index contributed by atoms with van der Waals surface area (Å²) in [5.41, 5.74) is 0.589. The molecule has 0 aliphatic carbocycles. The lowest BCUT2D eigenvalue weighted by atomic mass is 10.2. The number of hydrogen-bond acceptors (Lipinski definition) is 8. The molecule has 12 heteroatoms. The van der Waals surface area contributed by atoms with Gasteiger partial charge in [-0.25, -0.2) is 14.6 Å². The van der Waals surface area contributed by atoms with Crippen LogP contribution in [-0.2, 0) is 19.1 Å². The topological polar surface area (TPSA) is 117 Å². The highest BCUT2D eigenvalue weighted by atomic mass is 127. The summed E-state index contributed by atoms with van der Waals surface area (Å²) in [5.74, 6) is -0.785. The van der Waals surface area contributed by atoms with Gasteiger partial charge in [0.1, 0.15) is 5.75 Å². The summed E-state index contributed by atoms with van der Waals surface area (Å²) in [6.07, 6.45) is 1.51. The van der Waals surface area contributed by atoms with Crippen molar-refractivity contribution in [2.24, 2.45) is 4.99 Å². The molecule has 0 spiro atoms. The largest absolute Gasteiger partial charge is 0.480 e. The summed E-state index contributed by atoms with van der Waals surface area (Å²) in [6, 6.07) is 7.27. The molecule has 1 heterocycles. The van der Waals surface area contributed by atoms with Crippen LogP contribution in [0.15, 0.2) is 41.0 Å². The molecule has 0 aromatic heterocycles. The van der Waals surface area contributed by atoms with Gasteiger partial charge < -0.3 is 14.2 Å². The van der Waals surface area contributed by atoms with Crippen molar-refractivity contribution in [3.8, 4) is 5.75 Å². The number of aliphatic imine (C=N–C) groups is 1. The highest BCUT2D eigenvalue weighted by molar-refractivity contribution is 14.1. The number of esters is 2. The van der Waals surface area contributed by atoms with E-state index in [2.05, 4.69) is 50.2 Å². The third-order valence-corrected chi connectivity index (χ3v) is 5.91. The zero-order valence-electron chi connectivity index (χ0n) is 16.3. The Labute approximate surface area is 214 Å². The lowest BCUT2D eigenvalue weighted by Crippen LogP contribution is -2.15. The highest BCUT2D eigenvalue weighted by Crippen LogP contribution is 2.31. The van der Waals surface area contributed by atoms with Gasteiger partial charge in [0.25, 0.3) is 5.69 Å². The Bertz CT molecular complexity index is 1160. The van der Waals surface area contributed by atoms with Crippen molar-refractivity contribution < 1.29 is 28.7 Å². The summed E-state index contributed by atoms with van der Waals surface area (Å²) in [7, 11) is 0. The van der Waals surface area contributed by atoms with Crippen LogP contribution < -0.4 is 4.74 Å². The number of nitro groups is 1. The van der Waals surface area contributed by atoms with Gasteiger partial charge in [-0.15, -0.1) is 0 Å². The number of benzene rings is 2. The first-order valence-corrected chi connectivity index (χ1v) is 11.5. The van der Waals surface area contributed by atoms with E-state index in [-0.39, 0.29) is 41.1 Å². The van der Waals surface area contributed by atoms with Crippen molar-refractivity contribution in [3.05, 3.63) is 69.4 Å². The standard InChI is InChI=1S/C20H13ClI2N2O7/c1-2-30-17(26)9-31-18-14(22)5-10(6-15(18)23)7-16-20(27)32-19(24-16)12-8-11(25(28)29)3-4-13(12)21/h3-8H,2,9H2,1H3/b16-7-. The van der Waals surface area contributed by atoms with Gasteiger partial charge in [0, 0.05) is 12.1 Å². The maximum Gasteiger partial charge on any atom is 0.363 e. The van der Waals surface area contributed by atoms with Crippen LogP contribution in [0, 0.1) is 17.3 Å². The summed E-state index contributed by atoms with van der Waals surface area (Å²) < 4.78 is 17.0. The molecular formula is C20H13ClI2N2O7. The number of non-ortho nitro benzene ring substituents is 1. The van der Waals surface area contributed by atoms with Crippen molar-refractivity contribution in [2.75, 3.05) is 13.2 Å². The second-order valence-corrected chi connectivity index (χ2v) is 8.90.